The number of hydrogen-bond acceptors (Lipinski definition) is 4. The van der Waals surface area contributed by atoms with Crippen LogP contribution >= 0.6 is 0 Å². The highest BCUT2D eigenvalue weighted by Crippen LogP contribution is 2.17. The molecule has 1 rings (SSSR count). The summed E-state index contributed by atoms with van der Waals surface area (Å²) in [5.41, 5.74) is 0.541. The molecular formula is C10H17N3O2. The van der Waals surface area contributed by atoms with Crippen LogP contribution in [0.4, 0.5) is 0 Å². The standard InChI is InChI=1S/C10H17N3O2/c1-8(14)10-9(15-4)7-11-13(10)6-5-12(2)3/h7H,5-6H2,1-4H3. The van der Waals surface area contributed by atoms with Gasteiger partial charge in [0.2, 0.25) is 0 Å². The minimum Gasteiger partial charge on any atom is -0.493 e. The van der Waals surface area contributed by atoms with Gasteiger partial charge in [0.25, 0.3) is 0 Å². The molecule has 0 aliphatic carbocycles. The maximum atomic E-state index is 11.4. The number of carbonyl (C=O) groups is 1. The third-order valence-electron chi connectivity index (χ3n) is 2.12. The molecule has 0 atom stereocenters. The molecule has 1 heterocycles. The fourth-order valence-electron chi connectivity index (χ4n) is 1.34. The number of methoxy groups -OCH3 is 1. The smallest absolute Gasteiger partial charge is 0.181 e. The predicted octanol–water partition coefficient (Wildman–Crippen LogP) is 0.656. The van der Waals surface area contributed by atoms with Crippen LogP contribution in [0, 0.1) is 0 Å². The highest BCUT2D eigenvalue weighted by Gasteiger charge is 2.15. The normalized spacial score (nSPS) is 10.7. The molecule has 0 spiro atoms. The summed E-state index contributed by atoms with van der Waals surface area (Å²) in [4.78, 5) is 13.4. The molecule has 0 bridgehead atoms. The Kier molecular flexibility index (Phi) is 3.85. The molecule has 5 nitrogen and oxygen atoms in total. The van der Waals surface area contributed by atoms with Crippen molar-refractivity contribution in [1.29, 1.82) is 0 Å². The predicted molar refractivity (Wildman–Crippen MR) is 57.3 cm³/mol. The van der Waals surface area contributed by atoms with Gasteiger partial charge in [0.15, 0.2) is 11.5 Å². The molecule has 1 aromatic heterocycles. The van der Waals surface area contributed by atoms with Crippen LogP contribution in [-0.2, 0) is 6.54 Å². The van der Waals surface area contributed by atoms with Crippen molar-refractivity contribution in [3.8, 4) is 5.75 Å². The summed E-state index contributed by atoms with van der Waals surface area (Å²) in [6, 6.07) is 0. The molecule has 0 aliphatic rings. The topological polar surface area (TPSA) is 47.4 Å². The van der Waals surface area contributed by atoms with Crippen LogP contribution < -0.4 is 4.74 Å². The van der Waals surface area contributed by atoms with E-state index in [1.165, 1.54) is 6.92 Å². The van der Waals surface area contributed by atoms with Gasteiger partial charge in [-0.3, -0.25) is 9.48 Å². The van der Waals surface area contributed by atoms with Crippen molar-refractivity contribution in [2.24, 2.45) is 0 Å². The Balaban J connectivity index is 2.87. The van der Waals surface area contributed by atoms with E-state index >= 15 is 0 Å². The first-order chi connectivity index (χ1) is 7.06. The fraction of sp³-hybridized carbons (Fsp3) is 0.600. The number of Topliss-reactive ketones (excluding diaryl/α,β-unsaturated/α-hetero) is 1. The third-order valence-corrected chi connectivity index (χ3v) is 2.12. The van der Waals surface area contributed by atoms with E-state index in [2.05, 4.69) is 5.10 Å². The lowest BCUT2D eigenvalue weighted by Crippen LogP contribution is -2.21. The lowest BCUT2D eigenvalue weighted by Gasteiger charge is -2.11. The quantitative estimate of drug-likeness (QED) is 0.671. The Labute approximate surface area is 89.6 Å². The number of ketones is 1. The average molecular weight is 211 g/mol. The monoisotopic (exact) mass is 211 g/mol. The molecule has 0 saturated carbocycles. The summed E-state index contributed by atoms with van der Waals surface area (Å²) >= 11 is 0. The molecule has 0 unspecified atom stereocenters. The highest BCUT2D eigenvalue weighted by molar-refractivity contribution is 5.95. The number of carbonyl (C=O) groups excluding carboxylic acids is 1. The summed E-state index contributed by atoms with van der Waals surface area (Å²) in [7, 11) is 5.50. The summed E-state index contributed by atoms with van der Waals surface area (Å²) < 4.78 is 6.76. The molecule has 15 heavy (non-hydrogen) atoms. The van der Waals surface area contributed by atoms with Crippen molar-refractivity contribution in [3.05, 3.63) is 11.9 Å². The molecule has 5 heteroatoms. The minimum atomic E-state index is -0.0249. The van der Waals surface area contributed by atoms with Crippen LogP contribution in [0.3, 0.4) is 0 Å². The third kappa shape index (κ3) is 2.79. The van der Waals surface area contributed by atoms with Gasteiger partial charge in [-0.15, -0.1) is 0 Å². The molecule has 1 aromatic rings. The van der Waals surface area contributed by atoms with Gasteiger partial charge < -0.3 is 9.64 Å². The molecule has 0 radical (unpaired) electrons. The molecular weight excluding hydrogens is 194 g/mol. The second kappa shape index (κ2) is 4.93. The first-order valence-corrected chi connectivity index (χ1v) is 4.81. The summed E-state index contributed by atoms with van der Waals surface area (Å²) in [6.07, 6.45) is 1.58. The van der Waals surface area contributed by atoms with Gasteiger partial charge in [0.1, 0.15) is 5.69 Å². The van der Waals surface area contributed by atoms with E-state index in [0.717, 1.165) is 6.54 Å². The van der Waals surface area contributed by atoms with Crippen LogP contribution in [0.15, 0.2) is 6.20 Å². The van der Waals surface area contributed by atoms with Gasteiger partial charge in [-0.05, 0) is 14.1 Å². The Morgan fingerprint density at radius 3 is 2.73 bits per heavy atom. The van der Waals surface area contributed by atoms with Gasteiger partial charge in [0, 0.05) is 13.5 Å². The van der Waals surface area contributed by atoms with Crippen LogP contribution in [0.2, 0.25) is 0 Å². The van der Waals surface area contributed by atoms with Gasteiger partial charge in [-0.1, -0.05) is 0 Å². The largest absolute Gasteiger partial charge is 0.493 e. The van der Waals surface area contributed by atoms with E-state index in [1.807, 2.05) is 19.0 Å². The van der Waals surface area contributed by atoms with Crippen LogP contribution in [0.5, 0.6) is 5.75 Å². The number of ether oxygens (including phenoxy) is 1. The molecule has 0 amide bonds. The Morgan fingerprint density at radius 2 is 2.27 bits per heavy atom. The first-order valence-electron chi connectivity index (χ1n) is 4.81. The molecule has 0 aliphatic heterocycles. The zero-order chi connectivity index (χ0) is 11.4. The second-order valence-corrected chi connectivity index (χ2v) is 3.64. The molecule has 0 fully saturated rings. The molecule has 84 valence electrons. The van der Waals surface area contributed by atoms with E-state index in [4.69, 9.17) is 4.74 Å². The van der Waals surface area contributed by atoms with Crippen molar-refractivity contribution in [2.45, 2.75) is 13.5 Å². The lowest BCUT2D eigenvalue weighted by molar-refractivity contribution is 0.0999. The molecule has 0 aromatic carbocycles. The van der Waals surface area contributed by atoms with Gasteiger partial charge in [0.05, 0.1) is 19.9 Å². The van der Waals surface area contributed by atoms with E-state index in [9.17, 15) is 4.79 Å². The Hall–Kier alpha value is -1.36. The van der Waals surface area contributed by atoms with Gasteiger partial charge in [-0.25, -0.2) is 0 Å². The van der Waals surface area contributed by atoms with E-state index in [0.29, 0.717) is 18.0 Å². The van der Waals surface area contributed by atoms with Gasteiger partial charge >= 0.3 is 0 Å². The van der Waals surface area contributed by atoms with Crippen LogP contribution in [0.1, 0.15) is 17.4 Å². The summed E-state index contributed by atoms with van der Waals surface area (Å²) in [5, 5.41) is 4.12. The fourth-order valence-corrected chi connectivity index (χ4v) is 1.34. The highest BCUT2D eigenvalue weighted by atomic mass is 16.5. The second-order valence-electron chi connectivity index (χ2n) is 3.64. The van der Waals surface area contributed by atoms with Crippen LogP contribution in [0.25, 0.3) is 0 Å². The van der Waals surface area contributed by atoms with E-state index < -0.39 is 0 Å². The minimum absolute atomic E-state index is 0.0249. The van der Waals surface area contributed by atoms with Gasteiger partial charge in [-0.2, -0.15) is 5.10 Å². The zero-order valence-electron chi connectivity index (χ0n) is 9.65. The van der Waals surface area contributed by atoms with Crippen molar-refractivity contribution in [3.63, 3.8) is 0 Å². The summed E-state index contributed by atoms with van der Waals surface area (Å²) in [5.74, 6) is 0.518. The maximum absolute atomic E-state index is 11.4. The molecule has 0 N–H and O–H groups in total. The van der Waals surface area contributed by atoms with Crippen molar-refractivity contribution in [1.82, 2.24) is 14.7 Å². The number of aromatic nitrogens is 2. The number of rotatable bonds is 5. The SMILES string of the molecule is COc1cnn(CCN(C)C)c1C(C)=O. The van der Waals surface area contributed by atoms with Crippen molar-refractivity contribution in [2.75, 3.05) is 27.7 Å². The van der Waals surface area contributed by atoms with Crippen molar-refractivity contribution < 1.29 is 9.53 Å². The first kappa shape index (κ1) is 11.7. The lowest BCUT2D eigenvalue weighted by atomic mass is 10.3. The Bertz CT molecular complexity index is 344. The molecule has 0 saturated heterocycles. The Morgan fingerprint density at radius 1 is 1.60 bits per heavy atom. The number of likely N-dealkylation sites (N-methyl/N-ethyl adjacent to an activating group) is 1. The average Bonchev–Trinajstić information content (AvgIpc) is 2.57. The van der Waals surface area contributed by atoms with E-state index in [1.54, 1.807) is 18.0 Å². The maximum Gasteiger partial charge on any atom is 0.181 e. The zero-order valence-corrected chi connectivity index (χ0v) is 9.65. The summed E-state index contributed by atoms with van der Waals surface area (Å²) in [6.45, 7) is 3.04. The van der Waals surface area contributed by atoms with Crippen LogP contribution in [-0.4, -0.2) is 48.2 Å². The number of hydrogen-bond donors (Lipinski definition) is 0. The van der Waals surface area contributed by atoms with Crippen molar-refractivity contribution >= 4 is 5.78 Å². The van der Waals surface area contributed by atoms with E-state index in [-0.39, 0.29) is 5.78 Å². The number of nitrogens with zero attached hydrogens (tertiary/aromatic N) is 3.